The second-order valence-electron chi connectivity index (χ2n) is 4.52. The van der Waals surface area contributed by atoms with Crippen molar-refractivity contribution in [2.75, 3.05) is 19.6 Å². The van der Waals surface area contributed by atoms with Crippen LogP contribution in [0.3, 0.4) is 0 Å². The van der Waals surface area contributed by atoms with E-state index in [1.54, 1.807) is 6.92 Å². The van der Waals surface area contributed by atoms with Gasteiger partial charge in [-0.15, -0.1) is 12.4 Å². The zero-order valence-corrected chi connectivity index (χ0v) is 12.5. The lowest BCUT2D eigenvalue weighted by Gasteiger charge is -2.31. The van der Waals surface area contributed by atoms with Crippen LogP contribution in [-0.2, 0) is 10.0 Å². The summed E-state index contributed by atoms with van der Waals surface area (Å²) in [6.45, 7) is 1.88. The quantitative estimate of drug-likeness (QED) is 0.653. The highest BCUT2D eigenvalue weighted by molar-refractivity contribution is 7.89. The van der Waals surface area contributed by atoms with Crippen LogP contribution in [0, 0.1) is 23.3 Å². The molecular weight excluding hydrogens is 336 g/mol. The van der Waals surface area contributed by atoms with Crippen molar-refractivity contribution in [3.8, 4) is 0 Å². The lowest BCUT2D eigenvalue weighted by molar-refractivity contribution is 0.305. The molecule has 120 valence electrons. The minimum absolute atomic E-state index is 0. The van der Waals surface area contributed by atoms with Gasteiger partial charge in [0.05, 0.1) is 0 Å². The van der Waals surface area contributed by atoms with Crippen LogP contribution >= 0.6 is 12.4 Å². The van der Waals surface area contributed by atoms with Crippen LogP contribution in [0.15, 0.2) is 11.0 Å². The highest BCUT2D eigenvalue weighted by Gasteiger charge is 2.36. The molecule has 10 heteroatoms. The molecule has 0 aliphatic carbocycles. The first-order valence-electron chi connectivity index (χ1n) is 5.81. The minimum atomic E-state index is -4.64. The maximum Gasteiger partial charge on any atom is 0.249 e. The predicted molar refractivity (Wildman–Crippen MR) is 69.7 cm³/mol. The van der Waals surface area contributed by atoms with E-state index in [0.717, 1.165) is 4.31 Å². The molecule has 1 heterocycles. The van der Waals surface area contributed by atoms with Gasteiger partial charge in [0.15, 0.2) is 28.2 Å². The fourth-order valence-corrected chi connectivity index (χ4v) is 3.68. The van der Waals surface area contributed by atoms with Crippen LogP contribution in [0.1, 0.15) is 6.92 Å². The van der Waals surface area contributed by atoms with Crippen LogP contribution in [0.4, 0.5) is 17.6 Å². The molecule has 21 heavy (non-hydrogen) atoms. The summed E-state index contributed by atoms with van der Waals surface area (Å²) in [6, 6.07) is -0.257. The third kappa shape index (κ3) is 3.31. The number of nitrogens with zero attached hydrogens (tertiary/aromatic N) is 1. The van der Waals surface area contributed by atoms with Crippen molar-refractivity contribution >= 4 is 22.4 Å². The SMILES string of the molecule is C[C@H]1CN(S(=O)(=O)c2c(F)c(F)cc(F)c2F)CCN1.Cl. The van der Waals surface area contributed by atoms with Gasteiger partial charge >= 0.3 is 0 Å². The molecule has 0 spiro atoms. The predicted octanol–water partition coefficient (Wildman–Crippen LogP) is 1.65. The number of halogens is 5. The summed E-state index contributed by atoms with van der Waals surface area (Å²) in [5, 5.41) is 2.95. The first kappa shape index (κ1) is 18.1. The summed E-state index contributed by atoms with van der Waals surface area (Å²) in [5.74, 6) is -7.30. The Morgan fingerprint density at radius 2 is 1.71 bits per heavy atom. The molecule has 0 bridgehead atoms. The molecule has 1 saturated heterocycles. The molecule has 4 nitrogen and oxygen atoms in total. The molecule has 1 aliphatic heterocycles. The highest BCUT2D eigenvalue weighted by Crippen LogP contribution is 2.27. The molecule has 2 rings (SSSR count). The third-order valence-electron chi connectivity index (χ3n) is 3.00. The standard InChI is InChI=1S/C11H12F4N2O2S.ClH/c1-6-5-17(3-2-16-6)20(18,19)11-9(14)7(12)4-8(13)10(11)15;/h4,6,16H,2-3,5H2,1H3;1H/t6-;/m0./s1. The van der Waals surface area contributed by atoms with Crippen LogP contribution in [0.5, 0.6) is 0 Å². The summed E-state index contributed by atoms with van der Waals surface area (Å²) in [4.78, 5) is -1.58. The molecule has 1 N–H and O–H groups in total. The second kappa shape index (κ2) is 6.47. The van der Waals surface area contributed by atoms with E-state index in [0.29, 0.717) is 0 Å². The van der Waals surface area contributed by atoms with E-state index >= 15 is 0 Å². The molecule has 1 aromatic rings. The van der Waals surface area contributed by atoms with E-state index in [9.17, 15) is 26.0 Å². The molecule has 1 fully saturated rings. The van der Waals surface area contributed by atoms with Gasteiger partial charge in [-0.05, 0) is 6.92 Å². The maximum atomic E-state index is 13.6. The summed E-state index contributed by atoms with van der Waals surface area (Å²) < 4.78 is 78.5. The van der Waals surface area contributed by atoms with Crippen molar-refractivity contribution in [2.45, 2.75) is 17.9 Å². The Kier molecular flexibility index (Phi) is 5.59. The van der Waals surface area contributed by atoms with Crippen LogP contribution < -0.4 is 5.32 Å². The van der Waals surface area contributed by atoms with Gasteiger partial charge in [-0.2, -0.15) is 4.31 Å². The molecule has 0 radical (unpaired) electrons. The van der Waals surface area contributed by atoms with E-state index in [1.165, 1.54) is 0 Å². The van der Waals surface area contributed by atoms with Gasteiger partial charge in [0.1, 0.15) is 0 Å². The van der Waals surface area contributed by atoms with Gasteiger partial charge < -0.3 is 5.32 Å². The number of hydrogen-bond donors (Lipinski definition) is 1. The molecule has 1 atom stereocenters. The van der Waals surface area contributed by atoms with Gasteiger partial charge in [0.25, 0.3) is 0 Å². The first-order valence-corrected chi connectivity index (χ1v) is 7.25. The highest BCUT2D eigenvalue weighted by atomic mass is 35.5. The van der Waals surface area contributed by atoms with Gasteiger partial charge in [0, 0.05) is 31.7 Å². The van der Waals surface area contributed by atoms with Gasteiger partial charge in [-0.1, -0.05) is 0 Å². The van der Waals surface area contributed by atoms with E-state index in [4.69, 9.17) is 0 Å². The maximum absolute atomic E-state index is 13.6. The smallest absolute Gasteiger partial charge is 0.249 e. The van der Waals surface area contributed by atoms with Crippen molar-refractivity contribution in [2.24, 2.45) is 0 Å². The summed E-state index contributed by atoms with van der Waals surface area (Å²) in [7, 11) is -4.64. The van der Waals surface area contributed by atoms with Crippen molar-refractivity contribution in [3.05, 3.63) is 29.3 Å². The zero-order valence-electron chi connectivity index (χ0n) is 10.9. The Bertz CT molecular complexity index is 615. The number of sulfonamides is 1. The zero-order chi connectivity index (χ0) is 15.1. The Hall–Kier alpha value is -0.900. The topological polar surface area (TPSA) is 49.4 Å². The van der Waals surface area contributed by atoms with Crippen molar-refractivity contribution < 1.29 is 26.0 Å². The Morgan fingerprint density at radius 1 is 1.19 bits per heavy atom. The van der Waals surface area contributed by atoms with Crippen LogP contribution in [-0.4, -0.2) is 38.4 Å². The largest absolute Gasteiger partial charge is 0.312 e. The fourth-order valence-electron chi connectivity index (χ4n) is 2.02. The molecule has 0 aromatic heterocycles. The van der Waals surface area contributed by atoms with Crippen molar-refractivity contribution in [1.82, 2.24) is 9.62 Å². The average molecular weight is 349 g/mol. The molecule has 1 aromatic carbocycles. The molecule has 0 amide bonds. The van der Waals surface area contributed by atoms with E-state index in [-0.39, 0.29) is 44.1 Å². The van der Waals surface area contributed by atoms with Crippen molar-refractivity contribution in [3.63, 3.8) is 0 Å². The number of rotatable bonds is 2. The molecule has 1 aliphatic rings. The number of benzene rings is 1. The monoisotopic (exact) mass is 348 g/mol. The van der Waals surface area contributed by atoms with Gasteiger partial charge in [-0.3, -0.25) is 0 Å². The Balaban J connectivity index is 0.00000220. The Labute approximate surface area is 125 Å². The third-order valence-corrected chi connectivity index (χ3v) is 4.89. The second-order valence-corrected chi connectivity index (χ2v) is 6.39. The van der Waals surface area contributed by atoms with Gasteiger partial charge in [-0.25, -0.2) is 26.0 Å². The van der Waals surface area contributed by atoms with Crippen molar-refractivity contribution in [1.29, 1.82) is 0 Å². The molecule has 0 saturated carbocycles. The first-order chi connectivity index (χ1) is 9.25. The number of nitrogens with one attached hydrogen (secondary N) is 1. The summed E-state index contributed by atoms with van der Waals surface area (Å²) in [6.07, 6.45) is 0. The van der Waals surface area contributed by atoms with Gasteiger partial charge in [0.2, 0.25) is 10.0 Å². The average Bonchev–Trinajstić information content (AvgIpc) is 2.36. The summed E-state index contributed by atoms with van der Waals surface area (Å²) in [5.41, 5.74) is 0. The lowest BCUT2D eigenvalue weighted by Crippen LogP contribution is -2.51. The lowest BCUT2D eigenvalue weighted by atomic mass is 10.3. The fraction of sp³-hybridized carbons (Fsp3) is 0.455. The Morgan fingerprint density at radius 3 is 2.19 bits per heavy atom. The van der Waals surface area contributed by atoms with E-state index < -0.39 is 38.2 Å². The van der Waals surface area contributed by atoms with E-state index in [2.05, 4.69) is 5.32 Å². The molecule has 0 unspecified atom stereocenters. The van der Waals surface area contributed by atoms with E-state index in [1.807, 2.05) is 0 Å². The normalized spacial score (nSPS) is 20.1. The minimum Gasteiger partial charge on any atom is -0.312 e. The molecular formula is C11H13ClF4N2O2S. The summed E-state index contributed by atoms with van der Waals surface area (Å²) >= 11 is 0. The number of hydrogen-bond acceptors (Lipinski definition) is 3. The van der Waals surface area contributed by atoms with Crippen LogP contribution in [0.25, 0.3) is 0 Å². The van der Waals surface area contributed by atoms with Crippen LogP contribution in [0.2, 0.25) is 0 Å². The number of piperazine rings is 1.